The van der Waals surface area contributed by atoms with E-state index in [1.54, 1.807) is 11.0 Å². The monoisotopic (exact) mass is 198 g/mol. The molecule has 1 heterocycles. The van der Waals surface area contributed by atoms with Gasteiger partial charge in [0.15, 0.2) is 0 Å². The molecule has 0 unspecified atom stereocenters. The van der Waals surface area contributed by atoms with Gasteiger partial charge in [0.05, 0.1) is 6.61 Å². The van der Waals surface area contributed by atoms with Gasteiger partial charge in [-0.25, -0.2) is 4.79 Å². The summed E-state index contributed by atoms with van der Waals surface area (Å²) in [6.07, 6.45) is 3.86. The number of amides is 2. The average Bonchev–Trinajstić information content (AvgIpc) is 2.69. The van der Waals surface area contributed by atoms with E-state index < -0.39 is 0 Å². The van der Waals surface area contributed by atoms with Gasteiger partial charge in [-0.15, -0.1) is 6.58 Å². The zero-order chi connectivity index (χ0) is 10.4. The first-order valence-electron chi connectivity index (χ1n) is 5.05. The van der Waals surface area contributed by atoms with Crippen LogP contribution in [-0.2, 0) is 0 Å². The third-order valence-electron chi connectivity index (χ3n) is 2.37. The molecule has 1 aliphatic heterocycles. The molecule has 0 aliphatic carbocycles. The van der Waals surface area contributed by atoms with Crippen molar-refractivity contribution in [1.29, 1.82) is 0 Å². The van der Waals surface area contributed by atoms with Crippen molar-refractivity contribution < 1.29 is 9.90 Å². The molecule has 2 amide bonds. The fourth-order valence-electron chi connectivity index (χ4n) is 1.65. The molecule has 1 fully saturated rings. The largest absolute Gasteiger partial charge is 0.395 e. The summed E-state index contributed by atoms with van der Waals surface area (Å²) in [4.78, 5) is 15.3. The Morgan fingerprint density at radius 3 is 2.64 bits per heavy atom. The number of carbonyl (C=O) groups excluding carboxylic acids is 1. The quantitative estimate of drug-likeness (QED) is 0.675. The molecule has 0 bridgehead atoms. The molecule has 4 nitrogen and oxygen atoms in total. The van der Waals surface area contributed by atoms with Crippen molar-refractivity contribution in [3.63, 3.8) is 0 Å². The molecule has 0 aromatic heterocycles. The molecule has 0 aromatic carbocycles. The Bertz CT molecular complexity index is 200. The van der Waals surface area contributed by atoms with Crippen LogP contribution in [0.3, 0.4) is 0 Å². The summed E-state index contributed by atoms with van der Waals surface area (Å²) in [7, 11) is 0. The summed E-state index contributed by atoms with van der Waals surface area (Å²) in [6, 6.07) is 0.0245. The van der Waals surface area contributed by atoms with E-state index in [2.05, 4.69) is 6.58 Å². The molecule has 0 aromatic rings. The highest BCUT2D eigenvalue weighted by molar-refractivity contribution is 5.74. The SMILES string of the molecule is C=CCN(CCO)C(=O)N1CCCC1. The van der Waals surface area contributed by atoms with Crippen molar-refractivity contribution in [2.75, 3.05) is 32.8 Å². The van der Waals surface area contributed by atoms with Crippen molar-refractivity contribution >= 4 is 6.03 Å². The van der Waals surface area contributed by atoms with Crippen LogP contribution in [0.4, 0.5) is 4.79 Å². The number of carbonyl (C=O) groups is 1. The van der Waals surface area contributed by atoms with Gasteiger partial charge in [0, 0.05) is 26.2 Å². The van der Waals surface area contributed by atoms with E-state index in [-0.39, 0.29) is 12.6 Å². The summed E-state index contributed by atoms with van der Waals surface area (Å²) >= 11 is 0. The van der Waals surface area contributed by atoms with E-state index in [0.29, 0.717) is 13.1 Å². The van der Waals surface area contributed by atoms with Crippen LogP contribution >= 0.6 is 0 Å². The van der Waals surface area contributed by atoms with Crippen molar-refractivity contribution in [2.45, 2.75) is 12.8 Å². The lowest BCUT2D eigenvalue weighted by molar-refractivity contribution is 0.153. The van der Waals surface area contributed by atoms with Gasteiger partial charge in [0.1, 0.15) is 0 Å². The van der Waals surface area contributed by atoms with Gasteiger partial charge in [0.2, 0.25) is 0 Å². The lowest BCUT2D eigenvalue weighted by atomic mass is 10.4. The third kappa shape index (κ3) is 2.73. The maximum absolute atomic E-state index is 11.8. The van der Waals surface area contributed by atoms with E-state index in [1.807, 2.05) is 4.90 Å². The summed E-state index contributed by atoms with van der Waals surface area (Å²) in [5, 5.41) is 8.81. The minimum absolute atomic E-state index is 0.00736. The Morgan fingerprint density at radius 2 is 2.14 bits per heavy atom. The van der Waals surface area contributed by atoms with Crippen LogP contribution in [-0.4, -0.2) is 53.7 Å². The standard InChI is InChI=1S/C10H18N2O2/c1-2-5-11(8-9-13)10(14)12-6-3-4-7-12/h2,13H,1,3-9H2. The number of urea groups is 1. The Morgan fingerprint density at radius 1 is 1.50 bits per heavy atom. The van der Waals surface area contributed by atoms with Crippen molar-refractivity contribution in [3.05, 3.63) is 12.7 Å². The first kappa shape index (κ1) is 11.0. The molecule has 0 saturated carbocycles. The molecule has 1 saturated heterocycles. The van der Waals surface area contributed by atoms with Crippen LogP contribution in [0.2, 0.25) is 0 Å². The Hall–Kier alpha value is -1.03. The molecular formula is C10H18N2O2. The first-order chi connectivity index (χ1) is 6.79. The Kier molecular flexibility index (Phi) is 4.46. The van der Waals surface area contributed by atoms with E-state index >= 15 is 0 Å². The second-order valence-electron chi connectivity index (χ2n) is 3.44. The minimum atomic E-state index is 0.00736. The minimum Gasteiger partial charge on any atom is -0.395 e. The second-order valence-corrected chi connectivity index (χ2v) is 3.44. The highest BCUT2D eigenvalue weighted by Gasteiger charge is 2.22. The molecule has 80 valence electrons. The number of rotatable bonds is 4. The Balaban J connectivity index is 2.47. The number of likely N-dealkylation sites (tertiary alicyclic amines) is 1. The van der Waals surface area contributed by atoms with Gasteiger partial charge in [-0.05, 0) is 12.8 Å². The highest BCUT2D eigenvalue weighted by Crippen LogP contribution is 2.10. The molecule has 0 spiro atoms. The van der Waals surface area contributed by atoms with Crippen LogP contribution in [0.15, 0.2) is 12.7 Å². The van der Waals surface area contributed by atoms with Crippen LogP contribution < -0.4 is 0 Å². The van der Waals surface area contributed by atoms with Gasteiger partial charge in [-0.2, -0.15) is 0 Å². The summed E-state index contributed by atoms with van der Waals surface area (Å²) in [5.41, 5.74) is 0. The Labute approximate surface area is 84.8 Å². The fourth-order valence-corrected chi connectivity index (χ4v) is 1.65. The molecule has 1 aliphatic rings. The lowest BCUT2D eigenvalue weighted by Crippen LogP contribution is -2.43. The number of nitrogens with zero attached hydrogens (tertiary/aromatic N) is 2. The zero-order valence-corrected chi connectivity index (χ0v) is 8.48. The maximum Gasteiger partial charge on any atom is 0.320 e. The number of aliphatic hydroxyl groups excluding tert-OH is 1. The molecule has 4 heteroatoms. The van der Waals surface area contributed by atoms with E-state index in [9.17, 15) is 4.79 Å². The second kappa shape index (κ2) is 5.65. The van der Waals surface area contributed by atoms with Crippen LogP contribution in [0.25, 0.3) is 0 Å². The average molecular weight is 198 g/mol. The topological polar surface area (TPSA) is 43.8 Å². The van der Waals surface area contributed by atoms with Crippen LogP contribution in [0.5, 0.6) is 0 Å². The number of hydrogen-bond acceptors (Lipinski definition) is 2. The molecular weight excluding hydrogens is 180 g/mol. The van der Waals surface area contributed by atoms with Gasteiger partial charge in [-0.3, -0.25) is 0 Å². The van der Waals surface area contributed by atoms with E-state index in [0.717, 1.165) is 25.9 Å². The van der Waals surface area contributed by atoms with Crippen molar-refractivity contribution in [3.8, 4) is 0 Å². The molecule has 0 radical (unpaired) electrons. The summed E-state index contributed by atoms with van der Waals surface area (Å²) < 4.78 is 0. The molecule has 14 heavy (non-hydrogen) atoms. The molecule has 1 rings (SSSR count). The maximum atomic E-state index is 11.8. The summed E-state index contributed by atoms with van der Waals surface area (Å²) in [6.45, 7) is 6.20. The fraction of sp³-hybridized carbons (Fsp3) is 0.700. The van der Waals surface area contributed by atoms with Crippen LogP contribution in [0, 0.1) is 0 Å². The van der Waals surface area contributed by atoms with Crippen molar-refractivity contribution in [1.82, 2.24) is 9.80 Å². The predicted octanol–water partition coefficient (Wildman–Crippen LogP) is 0.683. The van der Waals surface area contributed by atoms with Gasteiger partial charge < -0.3 is 14.9 Å². The van der Waals surface area contributed by atoms with E-state index in [1.165, 1.54) is 0 Å². The zero-order valence-electron chi connectivity index (χ0n) is 8.48. The third-order valence-corrected chi connectivity index (χ3v) is 2.37. The number of aliphatic hydroxyl groups is 1. The van der Waals surface area contributed by atoms with E-state index in [4.69, 9.17) is 5.11 Å². The van der Waals surface area contributed by atoms with Crippen LogP contribution in [0.1, 0.15) is 12.8 Å². The number of hydrogen-bond donors (Lipinski definition) is 1. The smallest absolute Gasteiger partial charge is 0.320 e. The molecule has 0 atom stereocenters. The van der Waals surface area contributed by atoms with Gasteiger partial charge >= 0.3 is 6.03 Å². The first-order valence-corrected chi connectivity index (χ1v) is 5.05. The van der Waals surface area contributed by atoms with Gasteiger partial charge in [-0.1, -0.05) is 6.08 Å². The predicted molar refractivity (Wildman–Crippen MR) is 55.1 cm³/mol. The van der Waals surface area contributed by atoms with Crippen molar-refractivity contribution in [2.24, 2.45) is 0 Å². The molecule has 1 N–H and O–H groups in total. The normalized spacial score (nSPS) is 15.6. The summed E-state index contributed by atoms with van der Waals surface area (Å²) in [5.74, 6) is 0. The van der Waals surface area contributed by atoms with Gasteiger partial charge in [0.25, 0.3) is 0 Å². The lowest BCUT2D eigenvalue weighted by Gasteiger charge is -2.26. The highest BCUT2D eigenvalue weighted by atomic mass is 16.3.